The van der Waals surface area contributed by atoms with Crippen molar-refractivity contribution < 1.29 is 27.8 Å². The Bertz CT molecular complexity index is 867. The highest BCUT2D eigenvalue weighted by atomic mass is 32.2. The maximum Gasteiger partial charge on any atom is 0.352 e. The number of nitrogens with zero attached hydrogens (tertiary/aromatic N) is 2. The van der Waals surface area contributed by atoms with Crippen LogP contribution in [-0.4, -0.2) is 65.5 Å². The fourth-order valence-corrected chi connectivity index (χ4v) is 4.22. The molecular weight excluding hydrogens is 417 g/mol. The first-order chi connectivity index (χ1) is 14.3. The first kappa shape index (κ1) is 22.4. The summed E-state index contributed by atoms with van der Waals surface area (Å²) in [7, 11) is 0. The van der Waals surface area contributed by atoms with E-state index in [1.807, 2.05) is 0 Å². The predicted octanol–water partition coefficient (Wildman–Crippen LogP) is 3.61. The summed E-state index contributed by atoms with van der Waals surface area (Å²) in [5.74, 6) is 2.14. The first-order valence-electron chi connectivity index (χ1n) is 9.65. The van der Waals surface area contributed by atoms with Gasteiger partial charge in [0.15, 0.2) is 11.6 Å². The molecule has 1 aromatic carbocycles. The van der Waals surface area contributed by atoms with Crippen LogP contribution in [0, 0.1) is 17.7 Å². The van der Waals surface area contributed by atoms with Crippen LogP contribution in [0.3, 0.4) is 0 Å². The summed E-state index contributed by atoms with van der Waals surface area (Å²) in [6, 6.07) is 4.37. The van der Waals surface area contributed by atoms with Crippen LogP contribution in [0.15, 0.2) is 29.3 Å². The second-order valence-corrected chi connectivity index (χ2v) is 8.01. The molecule has 0 saturated carbocycles. The highest BCUT2D eigenvalue weighted by molar-refractivity contribution is 8.02. The SMILES string of the molecule is O=C(O)C1=CSCN1CCCOc1ccc(C#CCN2CCCC(F)(F)C2)cc1F. The van der Waals surface area contributed by atoms with E-state index >= 15 is 0 Å². The maximum absolute atomic E-state index is 14.2. The molecule has 5 nitrogen and oxygen atoms in total. The Hall–Kier alpha value is -2.31. The van der Waals surface area contributed by atoms with Gasteiger partial charge < -0.3 is 14.7 Å². The molecule has 1 saturated heterocycles. The molecule has 0 aromatic heterocycles. The molecular formula is C21H23F3N2O3S. The minimum atomic E-state index is -2.66. The molecule has 3 rings (SSSR count). The zero-order valence-electron chi connectivity index (χ0n) is 16.4. The number of likely N-dealkylation sites (tertiary alicyclic amines) is 1. The van der Waals surface area contributed by atoms with Crippen LogP contribution in [0.25, 0.3) is 0 Å². The van der Waals surface area contributed by atoms with Gasteiger partial charge >= 0.3 is 5.97 Å². The number of aliphatic carboxylic acids is 1. The first-order valence-corrected chi connectivity index (χ1v) is 10.7. The lowest BCUT2D eigenvalue weighted by Gasteiger charge is -2.30. The Kier molecular flexibility index (Phi) is 7.56. The van der Waals surface area contributed by atoms with Gasteiger partial charge in [0.2, 0.25) is 0 Å². The Morgan fingerprint density at radius 1 is 1.37 bits per heavy atom. The number of halogens is 3. The molecule has 0 spiro atoms. The maximum atomic E-state index is 14.2. The summed E-state index contributed by atoms with van der Waals surface area (Å²) in [5, 5.41) is 10.7. The molecule has 0 unspecified atom stereocenters. The average molecular weight is 440 g/mol. The van der Waals surface area contributed by atoms with Crippen molar-refractivity contribution in [3.05, 3.63) is 40.7 Å². The van der Waals surface area contributed by atoms with Gasteiger partial charge in [-0.2, -0.15) is 0 Å². The fraction of sp³-hybridized carbons (Fsp3) is 0.476. The normalized spacial score (nSPS) is 18.5. The van der Waals surface area contributed by atoms with E-state index in [1.54, 1.807) is 21.3 Å². The molecule has 0 radical (unpaired) electrons. The molecule has 0 atom stereocenters. The lowest BCUT2D eigenvalue weighted by molar-refractivity contribution is -0.134. The van der Waals surface area contributed by atoms with E-state index < -0.39 is 17.7 Å². The van der Waals surface area contributed by atoms with Crippen LogP contribution < -0.4 is 4.74 Å². The molecule has 162 valence electrons. The van der Waals surface area contributed by atoms with Crippen molar-refractivity contribution in [3.8, 4) is 17.6 Å². The molecule has 2 heterocycles. The second-order valence-electron chi connectivity index (χ2n) is 7.19. The minimum Gasteiger partial charge on any atom is -0.490 e. The number of ether oxygens (including phenoxy) is 1. The van der Waals surface area contributed by atoms with Gasteiger partial charge in [0.25, 0.3) is 5.92 Å². The number of benzene rings is 1. The number of alkyl halides is 2. The van der Waals surface area contributed by atoms with Crippen molar-refractivity contribution in [2.45, 2.75) is 25.2 Å². The zero-order valence-corrected chi connectivity index (χ0v) is 17.2. The Labute approximate surface area is 177 Å². The highest BCUT2D eigenvalue weighted by Crippen LogP contribution is 2.26. The van der Waals surface area contributed by atoms with Crippen molar-refractivity contribution in [3.63, 3.8) is 0 Å². The third-order valence-electron chi connectivity index (χ3n) is 4.75. The van der Waals surface area contributed by atoms with Crippen LogP contribution >= 0.6 is 11.8 Å². The van der Waals surface area contributed by atoms with Crippen molar-refractivity contribution in [1.82, 2.24) is 9.80 Å². The molecule has 1 aromatic rings. The molecule has 1 fully saturated rings. The molecule has 0 aliphatic carbocycles. The summed E-state index contributed by atoms with van der Waals surface area (Å²) in [4.78, 5) is 14.4. The van der Waals surface area contributed by atoms with Crippen molar-refractivity contribution >= 4 is 17.7 Å². The van der Waals surface area contributed by atoms with E-state index in [4.69, 9.17) is 9.84 Å². The topological polar surface area (TPSA) is 53.0 Å². The lowest BCUT2D eigenvalue weighted by atomic mass is 10.1. The zero-order chi connectivity index (χ0) is 21.6. The van der Waals surface area contributed by atoms with Crippen molar-refractivity contribution in [2.24, 2.45) is 0 Å². The highest BCUT2D eigenvalue weighted by Gasteiger charge is 2.34. The summed E-state index contributed by atoms with van der Waals surface area (Å²) in [6.07, 6.45) is 0.907. The van der Waals surface area contributed by atoms with Crippen LogP contribution in [0.4, 0.5) is 13.2 Å². The molecule has 2 aliphatic heterocycles. The average Bonchev–Trinajstić information content (AvgIpc) is 3.15. The number of thioether (sulfide) groups is 1. The van der Waals surface area contributed by atoms with Crippen molar-refractivity contribution in [2.75, 3.05) is 38.7 Å². The van der Waals surface area contributed by atoms with E-state index in [0.717, 1.165) is 0 Å². The monoisotopic (exact) mass is 440 g/mol. The Balaban J connectivity index is 1.44. The van der Waals surface area contributed by atoms with E-state index in [-0.39, 0.29) is 37.6 Å². The number of hydrogen-bond acceptors (Lipinski definition) is 5. The predicted molar refractivity (Wildman–Crippen MR) is 109 cm³/mol. The van der Waals surface area contributed by atoms with Crippen LogP contribution in [0.5, 0.6) is 5.75 Å². The number of carboxylic acid groups (broad SMARTS) is 1. The molecule has 9 heteroatoms. The number of carboxylic acids is 1. The molecule has 1 N–H and O–H groups in total. The third-order valence-corrected chi connectivity index (χ3v) is 5.60. The summed E-state index contributed by atoms with van der Waals surface area (Å²) < 4.78 is 46.5. The van der Waals surface area contributed by atoms with Gasteiger partial charge in [-0.25, -0.2) is 18.0 Å². The van der Waals surface area contributed by atoms with E-state index in [0.29, 0.717) is 37.4 Å². The van der Waals surface area contributed by atoms with Gasteiger partial charge in [-0.05, 0) is 37.6 Å². The van der Waals surface area contributed by atoms with Crippen molar-refractivity contribution in [1.29, 1.82) is 0 Å². The van der Waals surface area contributed by atoms with Crippen LogP contribution in [0.2, 0.25) is 0 Å². The third kappa shape index (κ3) is 6.34. The molecule has 30 heavy (non-hydrogen) atoms. The van der Waals surface area contributed by atoms with Crippen LogP contribution in [-0.2, 0) is 4.79 Å². The number of rotatable bonds is 7. The minimum absolute atomic E-state index is 0.0853. The summed E-state index contributed by atoms with van der Waals surface area (Å²) in [5.41, 5.74) is 0.719. The van der Waals surface area contributed by atoms with Gasteiger partial charge in [-0.1, -0.05) is 11.8 Å². The molecule has 2 aliphatic rings. The quantitative estimate of drug-likeness (QED) is 0.517. The summed E-state index contributed by atoms with van der Waals surface area (Å²) in [6.45, 7) is 1.27. The number of piperidine rings is 1. The summed E-state index contributed by atoms with van der Waals surface area (Å²) >= 11 is 1.42. The Morgan fingerprint density at radius 2 is 2.20 bits per heavy atom. The smallest absolute Gasteiger partial charge is 0.352 e. The van der Waals surface area contributed by atoms with E-state index in [2.05, 4.69) is 11.8 Å². The number of hydrogen-bond donors (Lipinski definition) is 1. The van der Waals surface area contributed by atoms with E-state index in [1.165, 1.54) is 23.9 Å². The van der Waals surface area contributed by atoms with Gasteiger partial charge in [-0.15, -0.1) is 11.8 Å². The van der Waals surface area contributed by atoms with Gasteiger partial charge in [0.1, 0.15) is 5.70 Å². The van der Waals surface area contributed by atoms with Gasteiger partial charge in [0, 0.05) is 23.9 Å². The van der Waals surface area contributed by atoms with Crippen LogP contribution in [0.1, 0.15) is 24.8 Å². The standard InChI is InChI=1S/C21H23F3N2O3S/c22-17-12-16(4-1-8-25-9-2-7-21(23,24)14-25)5-6-19(17)29-11-3-10-26-15-30-13-18(26)20(27)28/h5-6,12-13H,2-3,7-11,14-15H2,(H,27,28). The second kappa shape index (κ2) is 10.1. The van der Waals surface area contributed by atoms with Gasteiger partial charge in [-0.3, -0.25) is 4.90 Å². The van der Waals surface area contributed by atoms with E-state index in [9.17, 15) is 18.0 Å². The molecule has 0 amide bonds. The number of carbonyl (C=O) groups is 1. The van der Waals surface area contributed by atoms with Gasteiger partial charge in [0.05, 0.1) is 25.6 Å². The molecule has 0 bridgehead atoms. The lowest BCUT2D eigenvalue weighted by Crippen LogP contribution is -2.42. The fourth-order valence-electron chi connectivity index (χ4n) is 3.29. The Morgan fingerprint density at radius 3 is 2.93 bits per heavy atom. The largest absolute Gasteiger partial charge is 0.490 e.